The van der Waals surface area contributed by atoms with Gasteiger partial charge in [0.1, 0.15) is 17.5 Å². The molecule has 2 aromatic carbocycles. The number of nitrogens with zero attached hydrogens (tertiary/aromatic N) is 3. The lowest BCUT2D eigenvalue weighted by Gasteiger charge is -2.26. The predicted molar refractivity (Wildman–Crippen MR) is 151 cm³/mol. The van der Waals surface area contributed by atoms with Crippen LogP contribution in [-0.2, 0) is 22.5 Å². The first-order chi connectivity index (χ1) is 19.6. The Labute approximate surface area is 239 Å². The molecule has 3 aliphatic rings. The number of pyridine rings is 1. The lowest BCUT2D eigenvalue weighted by molar-refractivity contribution is -0.119. The fourth-order valence-corrected chi connectivity index (χ4v) is 6.12. The van der Waals surface area contributed by atoms with Crippen LogP contribution < -0.4 is 20.5 Å². The molecule has 2 N–H and O–H groups in total. The Hall–Kier alpha value is -4.12. The van der Waals surface area contributed by atoms with Gasteiger partial charge in [0.15, 0.2) is 0 Å². The molecular weight excluding hydrogens is 555 g/mol. The van der Waals surface area contributed by atoms with E-state index < -0.39 is 35.0 Å². The monoisotopic (exact) mass is 582 g/mol. The molecule has 12 heteroatoms. The van der Waals surface area contributed by atoms with E-state index in [-0.39, 0.29) is 34.6 Å². The van der Waals surface area contributed by atoms with E-state index in [1.807, 2.05) is 23.1 Å². The summed E-state index contributed by atoms with van der Waals surface area (Å²) in [6.45, 7) is 2.81. The maximum absolute atomic E-state index is 15.7. The second kappa shape index (κ2) is 10.4. The van der Waals surface area contributed by atoms with Crippen molar-refractivity contribution in [2.75, 3.05) is 29.4 Å². The zero-order valence-electron chi connectivity index (χ0n) is 22.3. The van der Waals surface area contributed by atoms with Crippen molar-refractivity contribution in [3.05, 3.63) is 68.2 Å². The number of carboxylic acids is 1. The summed E-state index contributed by atoms with van der Waals surface area (Å²) in [5.74, 6) is -2.24. The Kier molecular flexibility index (Phi) is 6.85. The highest BCUT2D eigenvalue weighted by Gasteiger charge is 2.34. The first-order valence-electron chi connectivity index (χ1n) is 13.5. The number of cyclic esters (lactones) is 1. The number of fused-ring (bicyclic) bond motifs is 2. The number of hydrogen-bond donors (Lipinski definition) is 2. The van der Waals surface area contributed by atoms with Crippen LogP contribution in [0.2, 0.25) is 5.02 Å². The van der Waals surface area contributed by atoms with Gasteiger partial charge >= 0.3 is 12.1 Å². The molecule has 3 aromatic rings. The number of anilines is 2. The molecule has 214 valence electrons. The highest BCUT2D eigenvalue weighted by atomic mass is 35.5. The van der Waals surface area contributed by atoms with E-state index in [2.05, 4.69) is 5.32 Å². The fraction of sp³-hybridized carbons (Fsp3) is 0.379. The molecule has 41 heavy (non-hydrogen) atoms. The molecule has 1 aliphatic carbocycles. The Morgan fingerprint density at radius 1 is 1.20 bits per heavy atom. The van der Waals surface area contributed by atoms with Crippen LogP contribution in [0.4, 0.5) is 20.6 Å². The van der Waals surface area contributed by atoms with Crippen LogP contribution in [0.1, 0.15) is 53.7 Å². The molecule has 3 heterocycles. The number of hydrogen-bond acceptors (Lipinski definition) is 6. The van der Waals surface area contributed by atoms with Crippen molar-refractivity contribution >= 4 is 51.8 Å². The summed E-state index contributed by atoms with van der Waals surface area (Å²) in [6.07, 6.45) is 3.41. The molecule has 0 spiro atoms. The van der Waals surface area contributed by atoms with Crippen LogP contribution >= 0.6 is 11.6 Å². The summed E-state index contributed by atoms with van der Waals surface area (Å²) in [5, 5.41) is 12.3. The van der Waals surface area contributed by atoms with Gasteiger partial charge in [-0.2, -0.15) is 0 Å². The van der Waals surface area contributed by atoms with E-state index in [0.29, 0.717) is 43.7 Å². The molecule has 2 amide bonds. The number of halogens is 2. The number of amides is 2. The van der Waals surface area contributed by atoms with Crippen molar-refractivity contribution in [3.8, 4) is 0 Å². The van der Waals surface area contributed by atoms with Crippen molar-refractivity contribution < 1.29 is 28.6 Å². The van der Waals surface area contributed by atoms with E-state index in [4.69, 9.17) is 16.3 Å². The molecule has 1 saturated heterocycles. The van der Waals surface area contributed by atoms with Gasteiger partial charge in [0.25, 0.3) is 0 Å². The Morgan fingerprint density at radius 3 is 2.68 bits per heavy atom. The number of aryl methyl sites for hydroxylation is 1. The summed E-state index contributed by atoms with van der Waals surface area (Å²) < 4.78 is 22.8. The predicted octanol–water partition coefficient (Wildman–Crippen LogP) is 4.24. The SMILES string of the molecule is CC(=O)NCC1CN(c2ccc3c(c2)CCCN(c2c(F)cc4c(=O)c(C(=O)O)cn(C5CC5)c4c2Cl)C3)C(=O)O1. The number of carbonyl (C=O) groups excluding carboxylic acids is 2. The van der Waals surface area contributed by atoms with Crippen molar-refractivity contribution in [1.29, 1.82) is 0 Å². The smallest absolute Gasteiger partial charge is 0.414 e. The molecule has 1 atom stereocenters. The number of nitrogens with one attached hydrogen (secondary N) is 1. The van der Waals surface area contributed by atoms with E-state index in [1.165, 1.54) is 18.0 Å². The van der Waals surface area contributed by atoms with E-state index in [0.717, 1.165) is 30.0 Å². The summed E-state index contributed by atoms with van der Waals surface area (Å²) in [7, 11) is 0. The minimum absolute atomic E-state index is 0.00501. The molecule has 10 nitrogen and oxygen atoms in total. The molecule has 1 saturated carbocycles. The Bertz CT molecular complexity index is 1670. The van der Waals surface area contributed by atoms with Crippen molar-refractivity contribution in [2.24, 2.45) is 0 Å². The minimum atomic E-state index is -1.36. The number of rotatable bonds is 6. The number of ether oxygens (including phenoxy) is 1. The zero-order chi connectivity index (χ0) is 29.0. The third kappa shape index (κ3) is 4.99. The Morgan fingerprint density at radius 2 is 1.98 bits per heavy atom. The molecule has 2 aliphatic heterocycles. The number of benzene rings is 2. The molecule has 0 bridgehead atoms. The maximum Gasteiger partial charge on any atom is 0.414 e. The third-order valence-electron chi connectivity index (χ3n) is 7.86. The van der Waals surface area contributed by atoms with Crippen molar-refractivity contribution in [1.82, 2.24) is 9.88 Å². The number of aromatic nitrogens is 1. The quantitative estimate of drug-likeness (QED) is 0.446. The zero-order valence-corrected chi connectivity index (χ0v) is 23.0. The highest BCUT2D eigenvalue weighted by molar-refractivity contribution is 6.38. The number of aromatic carboxylic acids is 1. The van der Waals surface area contributed by atoms with Crippen LogP contribution in [-0.4, -0.2) is 53.4 Å². The number of carboxylic acid groups (broad SMARTS) is 1. The average molecular weight is 583 g/mol. The lowest BCUT2D eigenvalue weighted by atomic mass is 10.0. The highest BCUT2D eigenvalue weighted by Crippen LogP contribution is 2.43. The van der Waals surface area contributed by atoms with Gasteiger partial charge in [-0.1, -0.05) is 17.7 Å². The fourth-order valence-electron chi connectivity index (χ4n) is 5.71. The second-order valence-electron chi connectivity index (χ2n) is 10.8. The first-order valence-corrected chi connectivity index (χ1v) is 13.9. The molecule has 6 rings (SSSR count). The van der Waals surface area contributed by atoms with E-state index in [9.17, 15) is 24.3 Å². The standard InChI is InChI=1S/C29H28ClFN4O6/c1-15(36)32-11-20-13-35(29(40)41-20)19-5-4-17-12-33(8-2-3-16(17)9-19)26-23(31)10-21-25(24(26)30)34(18-6-7-18)14-22(27(21)37)28(38)39/h4-5,9-10,14,18,20H,2-3,6-8,11-13H2,1H3,(H,32,36)(H,38,39). The topological polar surface area (TPSA) is 121 Å². The second-order valence-corrected chi connectivity index (χ2v) is 11.1. The lowest BCUT2D eigenvalue weighted by Crippen LogP contribution is -2.33. The summed E-state index contributed by atoms with van der Waals surface area (Å²) in [6, 6.07) is 6.78. The summed E-state index contributed by atoms with van der Waals surface area (Å²) >= 11 is 6.85. The van der Waals surface area contributed by atoms with Crippen LogP contribution in [0.15, 0.2) is 35.3 Å². The molecular formula is C29H28ClFN4O6. The minimum Gasteiger partial charge on any atom is -0.477 e. The van der Waals surface area contributed by atoms with Crippen LogP contribution in [0.25, 0.3) is 10.9 Å². The van der Waals surface area contributed by atoms with Gasteiger partial charge < -0.3 is 24.6 Å². The van der Waals surface area contributed by atoms with Gasteiger partial charge in [0.2, 0.25) is 11.3 Å². The summed E-state index contributed by atoms with van der Waals surface area (Å²) in [5.41, 5.74) is 2.01. The third-order valence-corrected chi connectivity index (χ3v) is 8.22. The number of carbonyl (C=O) groups is 3. The van der Waals surface area contributed by atoms with E-state index >= 15 is 4.39 Å². The van der Waals surface area contributed by atoms with Gasteiger partial charge in [-0.3, -0.25) is 14.5 Å². The molecule has 1 unspecified atom stereocenters. The van der Waals surface area contributed by atoms with Gasteiger partial charge in [0, 0.05) is 37.9 Å². The van der Waals surface area contributed by atoms with Gasteiger partial charge in [-0.25, -0.2) is 14.0 Å². The van der Waals surface area contributed by atoms with Crippen LogP contribution in [0.5, 0.6) is 0 Å². The van der Waals surface area contributed by atoms with Gasteiger partial charge in [-0.05, 0) is 55.0 Å². The first kappa shape index (κ1) is 27.1. The van der Waals surface area contributed by atoms with Gasteiger partial charge in [0.05, 0.1) is 34.7 Å². The van der Waals surface area contributed by atoms with E-state index in [1.54, 1.807) is 4.57 Å². The maximum atomic E-state index is 15.7. The molecule has 2 fully saturated rings. The largest absolute Gasteiger partial charge is 0.477 e. The summed E-state index contributed by atoms with van der Waals surface area (Å²) in [4.78, 5) is 51.8. The normalized spacial score (nSPS) is 18.7. The van der Waals surface area contributed by atoms with Gasteiger partial charge in [-0.15, -0.1) is 0 Å². The molecule has 0 radical (unpaired) electrons. The van der Waals surface area contributed by atoms with Crippen LogP contribution in [0, 0.1) is 5.82 Å². The van der Waals surface area contributed by atoms with Crippen molar-refractivity contribution in [3.63, 3.8) is 0 Å². The average Bonchev–Trinajstić information content (AvgIpc) is 3.72. The Balaban J connectivity index is 1.32. The molecule has 1 aromatic heterocycles. The van der Waals surface area contributed by atoms with Crippen LogP contribution in [0.3, 0.4) is 0 Å². The van der Waals surface area contributed by atoms with Crippen molar-refractivity contribution in [2.45, 2.75) is 51.3 Å².